The topological polar surface area (TPSA) is 76.2 Å². The lowest BCUT2D eigenvalue weighted by atomic mass is 10.2. The van der Waals surface area contributed by atoms with Gasteiger partial charge in [-0.15, -0.1) is 0 Å². The maximum Gasteiger partial charge on any atom is 0.328 e. The molecule has 0 aromatic heterocycles. The zero-order valence-electron chi connectivity index (χ0n) is 15.9. The monoisotopic (exact) mass is 378 g/mol. The summed E-state index contributed by atoms with van der Waals surface area (Å²) in [5, 5.41) is 0. The fourth-order valence-corrected chi connectivity index (χ4v) is 3.71. The van der Waals surface area contributed by atoms with Gasteiger partial charge in [0.25, 0.3) is 0 Å². The van der Waals surface area contributed by atoms with Crippen molar-refractivity contribution in [3.63, 3.8) is 0 Å². The van der Waals surface area contributed by atoms with E-state index in [1.165, 1.54) is 23.8 Å². The van der Waals surface area contributed by atoms with Gasteiger partial charge in [-0.1, -0.05) is 6.07 Å². The van der Waals surface area contributed by atoms with Crippen molar-refractivity contribution in [2.75, 3.05) is 18.7 Å². The quantitative estimate of drug-likeness (QED) is 0.561. The third-order valence-corrected chi connectivity index (χ3v) is 4.88. The molecular weight excluding hydrogens is 352 g/mol. The lowest BCUT2D eigenvalue weighted by Gasteiger charge is -2.30. The molecule has 0 aliphatic carbocycles. The van der Waals surface area contributed by atoms with Crippen molar-refractivity contribution in [2.45, 2.75) is 45.4 Å². The highest BCUT2D eigenvalue weighted by Gasteiger charge is 2.38. The Morgan fingerprint density at radius 1 is 1.31 bits per heavy atom. The molecule has 1 unspecified atom stereocenters. The maximum atomic E-state index is 12.2. The van der Waals surface area contributed by atoms with E-state index in [9.17, 15) is 14.4 Å². The predicted octanol–water partition coefficient (Wildman–Crippen LogP) is 2.37. The molecule has 1 atom stereocenters. The summed E-state index contributed by atoms with van der Waals surface area (Å²) in [5.41, 5.74) is 0.622. The lowest BCUT2D eigenvalue weighted by molar-refractivity contribution is -0.149. The number of esters is 1. The van der Waals surface area contributed by atoms with Crippen LogP contribution in [-0.4, -0.2) is 50.8 Å². The van der Waals surface area contributed by atoms with E-state index in [-0.39, 0.29) is 24.9 Å². The van der Waals surface area contributed by atoms with Crippen LogP contribution >= 0.6 is 0 Å². The molecule has 1 saturated heterocycles. The van der Waals surface area contributed by atoms with Gasteiger partial charge in [0.1, 0.15) is 18.5 Å². The maximum absolute atomic E-state index is 12.2. The van der Waals surface area contributed by atoms with Crippen molar-refractivity contribution in [3.05, 3.63) is 24.3 Å². The van der Waals surface area contributed by atoms with Gasteiger partial charge in [0, 0.05) is 25.1 Å². The fourth-order valence-electron chi connectivity index (χ4n) is 2.88. The SMILES string of the molecule is COC(=O)C1CCC(=O)N1CN(C(C)=O)c1cccc(O[Si](C)(C)C)c1. The Morgan fingerprint density at radius 3 is 2.58 bits per heavy atom. The first-order valence-corrected chi connectivity index (χ1v) is 12.0. The van der Waals surface area contributed by atoms with Crippen LogP contribution in [0.4, 0.5) is 5.69 Å². The summed E-state index contributed by atoms with van der Waals surface area (Å²) in [5.74, 6) is -0.167. The minimum Gasteiger partial charge on any atom is -0.544 e. The Bertz CT molecular complexity index is 701. The van der Waals surface area contributed by atoms with Gasteiger partial charge in [-0.05, 0) is 38.2 Å². The molecule has 26 heavy (non-hydrogen) atoms. The molecule has 0 bridgehead atoms. The molecule has 2 rings (SSSR count). The molecule has 142 valence electrons. The molecule has 0 saturated carbocycles. The van der Waals surface area contributed by atoms with Crippen molar-refractivity contribution < 1.29 is 23.5 Å². The van der Waals surface area contributed by atoms with E-state index in [0.717, 1.165) is 0 Å². The number of hydrogen-bond donors (Lipinski definition) is 0. The van der Waals surface area contributed by atoms with Crippen LogP contribution in [-0.2, 0) is 19.1 Å². The van der Waals surface area contributed by atoms with Crippen molar-refractivity contribution in [3.8, 4) is 5.75 Å². The number of likely N-dealkylation sites (tertiary alicyclic amines) is 1. The summed E-state index contributed by atoms with van der Waals surface area (Å²) in [4.78, 5) is 39.2. The van der Waals surface area contributed by atoms with Gasteiger partial charge in [0.05, 0.1) is 7.11 Å². The van der Waals surface area contributed by atoms with Crippen LogP contribution in [0.15, 0.2) is 24.3 Å². The summed E-state index contributed by atoms with van der Waals surface area (Å²) in [6, 6.07) is 6.57. The van der Waals surface area contributed by atoms with Crippen LogP contribution in [0.1, 0.15) is 19.8 Å². The summed E-state index contributed by atoms with van der Waals surface area (Å²) < 4.78 is 10.8. The second kappa shape index (κ2) is 7.90. The summed E-state index contributed by atoms with van der Waals surface area (Å²) in [6.07, 6.45) is 0.667. The number of amides is 2. The van der Waals surface area contributed by atoms with Crippen LogP contribution in [0, 0.1) is 0 Å². The minimum atomic E-state index is -1.79. The molecule has 0 N–H and O–H groups in total. The number of carbonyl (C=O) groups is 3. The molecule has 1 aromatic carbocycles. The number of ether oxygens (including phenoxy) is 1. The van der Waals surface area contributed by atoms with Crippen molar-refractivity contribution in [2.24, 2.45) is 0 Å². The van der Waals surface area contributed by atoms with E-state index in [1.807, 2.05) is 12.1 Å². The van der Waals surface area contributed by atoms with E-state index < -0.39 is 20.3 Å². The molecule has 1 fully saturated rings. The summed E-state index contributed by atoms with van der Waals surface area (Å²) in [6.45, 7) is 7.66. The first-order chi connectivity index (χ1) is 12.1. The van der Waals surface area contributed by atoms with Crippen LogP contribution in [0.3, 0.4) is 0 Å². The van der Waals surface area contributed by atoms with Crippen molar-refractivity contribution in [1.29, 1.82) is 0 Å². The largest absolute Gasteiger partial charge is 0.544 e. The average molecular weight is 379 g/mol. The molecule has 0 radical (unpaired) electrons. The zero-order chi connectivity index (χ0) is 19.5. The normalized spacial score (nSPS) is 17.2. The van der Waals surface area contributed by atoms with Gasteiger partial charge in [-0.2, -0.15) is 0 Å². The third-order valence-electron chi connectivity index (χ3n) is 4.03. The number of anilines is 1. The van der Waals surface area contributed by atoms with Crippen LogP contribution < -0.4 is 9.33 Å². The zero-order valence-corrected chi connectivity index (χ0v) is 16.9. The standard InChI is InChI=1S/C18H26N2O5Si/c1-13(21)19(12-20-16(18(23)24-2)9-10-17(20)22)14-7-6-8-15(11-14)25-26(3,4)5/h6-8,11,16H,9-10,12H2,1-5H3. The average Bonchev–Trinajstić information content (AvgIpc) is 2.91. The van der Waals surface area contributed by atoms with Gasteiger partial charge in [0.15, 0.2) is 0 Å². The van der Waals surface area contributed by atoms with Crippen molar-refractivity contribution >= 4 is 31.8 Å². The molecule has 2 amide bonds. The van der Waals surface area contributed by atoms with E-state index in [2.05, 4.69) is 19.6 Å². The number of methoxy groups -OCH3 is 1. The summed E-state index contributed by atoms with van der Waals surface area (Å²) >= 11 is 0. The predicted molar refractivity (Wildman–Crippen MR) is 100 cm³/mol. The van der Waals surface area contributed by atoms with Crippen LogP contribution in [0.2, 0.25) is 19.6 Å². The highest BCUT2D eigenvalue weighted by Crippen LogP contribution is 2.26. The summed E-state index contributed by atoms with van der Waals surface area (Å²) in [7, 11) is -0.495. The Kier molecular flexibility index (Phi) is 6.07. The Labute approximate surface area is 155 Å². The Morgan fingerprint density at radius 2 is 2.00 bits per heavy atom. The molecule has 0 spiro atoms. The van der Waals surface area contributed by atoms with Crippen LogP contribution in [0.25, 0.3) is 0 Å². The lowest BCUT2D eigenvalue weighted by Crippen LogP contribution is -2.47. The van der Waals surface area contributed by atoms with Gasteiger partial charge in [0.2, 0.25) is 20.1 Å². The Balaban J connectivity index is 2.26. The molecular formula is C18H26N2O5Si. The first-order valence-electron chi connectivity index (χ1n) is 8.57. The highest BCUT2D eigenvalue weighted by molar-refractivity contribution is 6.70. The highest BCUT2D eigenvalue weighted by atomic mass is 28.4. The van der Waals surface area contributed by atoms with E-state index in [4.69, 9.17) is 9.16 Å². The number of rotatable bonds is 6. The van der Waals surface area contributed by atoms with E-state index in [1.54, 1.807) is 12.1 Å². The smallest absolute Gasteiger partial charge is 0.328 e. The molecule has 1 aliphatic heterocycles. The van der Waals surface area contributed by atoms with Gasteiger partial charge in [-0.3, -0.25) is 14.5 Å². The molecule has 1 heterocycles. The number of benzene rings is 1. The second-order valence-corrected chi connectivity index (χ2v) is 11.7. The molecule has 8 heteroatoms. The van der Waals surface area contributed by atoms with Gasteiger partial charge < -0.3 is 14.1 Å². The van der Waals surface area contributed by atoms with Gasteiger partial charge >= 0.3 is 5.97 Å². The van der Waals surface area contributed by atoms with Crippen molar-refractivity contribution in [1.82, 2.24) is 4.90 Å². The number of hydrogen-bond acceptors (Lipinski definition) is 5. The molecule has 7 nitrogen and oxygen atoms in total. The van der Waals surface area contributed by atoms with E-state index in [0.29, 0.717) is 17.9 Å². The first kappa shape index (κ1) is 20.0. The van der Waals surface area contributed by atoms with Crippen LogP contribution in [0.5, 0.6) is 5.75 Å². The van der Waals surface area contributed by atoms with E-state index >= 15 is 0 Å². The minimum absolute atomic E-state index is 0.00430. The number of nitrogens with zero attached hydrogens (tertiary/aromatic N) is 2. The molecule has 1 aromatic rings. The van der Waals surface area contributed by atoms with Gasteiger partial charge in [-0.25, -0.2) is 4.79 Å². The molecule has 1 aliphatic rings. The number of carbonyl (C=O) groups excluding carboxylic acids is 3. The third kappa shape index (κ3) is 4.84. The second-order valence-electron chi connectivity index (χ2n) is 7.24. The Hall–Kier alpha value is -2.35. The fraction of sp³-hybridized carbons (Fsp3) is 0.500.